The number of amides is 1. The Morgan fingerprint density at radius 1 is 1.00 bits per heavy atom. The first kappa shape index (κ1) is 24.7. The van der Waals surface area contributed by atoms with Gasteiger partial charge in [-0.1, -0.05) is 0 Å². The van der Waals surface area contributed by atoms with Gasteiger partial charge in [0.05, 0.1) is 32.5 Å². The standard InChI is InChI=1S/C9H18N2O4.C8H14O5/c1-14-5-8-6(12)4-7(15-8)9(13)11-3-2-10;1-11-4-7-5(9)3-6(13-7)8(10)12-2/h6-8,12H,2-5,10H2,1H3,(H,11,13);5-7,9H,3-4H2,1-2H3/t6-,7-,8?;5-,6-,7?/m11/s1. The number of carbonyl (C=O) groups excluding carboxylic acids is 2. The number of nitrogens with two attached hydrogens (primary N) is 1. The molecule has 2 unspecified atom stereocenters. The lowest BCUT2D eigenvalue weighted by atomic mass is 10.1. The van der Waals surface area contributed by atoms with Crippen molar-refractivity contribution in [1.82, 2.24) is 5.32 Å². The zero-order valence-electron chi connectivity index (χ0n) is 16.5. The molecule has 2 rings (SSSR count). The molecule has 0 saturated carbocycles. The van der Waals surface area contributed by atoms with Gasteiger partial charge < -0.3 is 44.9 Å². The molecule has 2 heterocycles. The molecule has 0 radical (unpaired) electrons. The Balaban J connectivity index is 0.000000283. The zero-order chi connectivity index (χ0) is 21.1. The van der Waals surface area contributed by atoms with Crippen LogP contribution in [0.1, 0.15) is 12.8 Å². The molecule has 5 N–H and O–H groups in total. The summed E-state index contributed by atoms with van der Waals surface area (Å²) in [6.07, 6.45) is -2.78. The number of hydrogen-bond donors (Lipinski definition) is 4. The van der Waals surface area contributed by atoms with Crippen LogP contribution in [0.25, 0.3) is 0 Å². The van der Waals surface area contributed by atoms with Gasteiger partial charge in [-0.15, -0.1) is 0 Å². The van der Waals surface area contributed by atoms with Crippen LogP contribution >= 0.6 is 0 Å². The van der Waals surface area contributed by atoms with Crippen LogP contribution in [0.2, 0.25) is 0 Å². The van der Waals surface area contributed by atoms with E-state index in [1.54, 1.807) is 0 Å². The zero-order valence-corrected chi connectivity index (χ0v) is 16.5. The lowest BCUT2D eigenvalue weighted by molar-refractivity contribution is -0.154. The smallest absolute Gasteiger partial charge is 0.335 e. The van der Waals surface area contributed by atoms with Crippen LogP contribution in [-0.4, -0.2) is 106 Å². The van der Waals surface area contributed by atoms with Gasteiger partial charge >= 0.3 is 5.97 Å². The molecule has 1 amide bonds. The van der Waals surface area contributed by atoms with E-state index in [1.165, 1.54) is 21.3 Å². The van der Waals surface area contributed by atoms with E-state index < -0.39 is 42.6 Å². The average molecular weight is 408 g/mol. The first-order valence-corrected chi connectivity index (χ1v) is 9.08. The van der Waals surface area contributed by atoms with Crippen molar-refractivity contribution < 1.29 is 43.5 Å². The van der Waals surface area contributed by atoms with Gasteiger partial charge in [-0.2, -0.15) is 0 Å². The fraction of sp³-hybridized carbons (Fsp3) is 0.882. The number of esters is 1. The number of hydrogen-bond acceptors (Lipinski definition) is 10. The Hall–Kier alpha value is -1.34. The van der Waals surface area contributed by atoms with Crippen LogP contribution in [0.4, 0.5) is 0 Å². The maximum atomic E-state index is 11.5. The number of aliphatic hydroxyl groups is 2. The van der Waals surface area contributed by atoms with Crippen molar-refractivity contribution in [2.24, 2.45) is 5.73 Å². The fourth-order valence-corrected chi connectivity index (χ4v) is 2.85. The highest BCUT2D eigenvalue weighted by Gasteiger charge is 2.38. The summed E-state index contributed by atoms with van der Waals surface area (Å²) < 4.78 is 24.7. The van der Waals surface area contributed by atoms with Crippen molar-refractivity contribution in [1.29, 1.82) is 0 Å². The third-order valence-corrected chi connectivity index (χ3v) is 4.31. The minimum absolute atomic E-state index is 0.224. The molecule has 2 saturated heterocycles. The molecule has 2 aliphatic rings. The van der Waals surface area contributed by atoms with E-state index >= 15 is 0 Å². The number of carbonyl (C=O) groups is 2. The fourth-order valence-electron chi connectivity index (χ4n) is 2.85. The van der Waals surface area contributed by atoms with Gasteiger partial charge in [0.2, 0.25) is 5.91 Å². The largest absolute Gasteiger partial charge is 0.467 e. The Kier molecular flexibility index (Phi) is 11.5. The van der Waals surface area contributed by atoms with Gasteiger partial charge in [0.25, 0.3) is 0 Å². The highest BCUT2D eigenvalue weighted by molar-refractivity contribution is 5.81. The Morgan fingerprint density at radius 3 is 1.96 bits per heavy atom. The molecular formula is C17H32N2O9. The average Bonchev–Trinajstić information content (AvgIpc) is 3.23. The molecule has 0 spiro atoms. The third kappa shape index (κ3) is 7.59. The first-order chi connectivity index (χ1) is 13.4. The summed E-state index contributed by atoms with van der Waals surface area (Å²) in [4.78, 5) is 22.5. The second-order valence-corrected chi connectivity index (χ2v) is 6.45. The van der Waals surface area contributed by atoms with E-state index in [0.717, 1.165) is 0 Å². The maximum Gasteiger partial charge on any atom is 0.335 e. The molecule has 2 aliphatic heterocycles. The lowest BCUT2D eigenvalue weighted by Crippen LogP contribution is -2.37. The summed E-state index contributed by atoms with van der Waals surface area (Å²) in [7, 11) is 4.33. The minimum Gasteiger partial charge on any atom is -0.467 e. The highest BCUT2D eigenvalue weighted by atomic mass is 16.6. The summed E-state index contributed by atoms with van der Waals surface area (Å²) >= 11 is 0. The van der Waals surface area contributed by atoms with Crippen molar-refractivity contribution in [3.05, 3.63) is 0 Å². The molecule has 2 fully saturated rings. The molecule has 0 aromatic carbocycles. The second-order valence-electron chi connectivity index (χ2n) is 6.45. The molecule has 164 valence electrons. The molecule has 6 atom stereocenters. The van der Waals surface area contributed by atoms with Crippen LogP contribution in [0.15, 0.2) is 0 Å². The summed E-state index contributed by atoms with van der Waals surface area (Å²) in [6.45, 7) is 1.39. The van der Waals surface area contributed by atoms with E-state index in [0.29, 0.717) is 26.1 Å². The normalized spacial score (nSPS) is 31.8. The summed E-state index contributed by atoms with van der Waals surface area (Å²) in [5.74, 6) is -0.671. The number of ether oxygens (including phenoxy) is 5. The van der Waals surface area contributed by atoms with Gasteiger partial charge in [0.15, 0.2) is 6.10 Å². The molecule has 0 aromatic heterocycles. The topological polar surface area (TPSA) is 159 Å². The van der Waals surface area contributed by atoms with Gasteiger partial charge in [-0.05, 0) is 0 Å². The molecule has 0 aliphatic carbocycles. The quantitative estimate of drug-likeness (QED) is 0.318. The van der Waals surface area contributed by atoms with Crippen molar-refractivity contribution in [3.63, 3.8) is 0 Å². The van der Waals surface area contributed by atoms with E-state index in [4.69, 9.17) is 24.7 Å². The van der Waals surface area contributed by atoms with Crippen LogP contribution in [0.5, 0.6) is 0 Å². The summed E-state index contributed by atoms with van der Waals surface area (Å²) in [5.41, 5.74) is 5.25. The highest BCUT2D eigenvalue weighted by Crippen LogP contribution is 2.22. The molecule has 28 heavy (non-hydrogen) atoms. The Labute approximate surface area is 164 Å². The Bertz CT molecular complexity index is 480. The van der Waals surface area contributed by atoms with E-state index in [-0.39, 0.29) is 18.9 Å². The van der Waals surface area contributed by atoms with Gasteiger partial charge in [0.1, 0.15) is 18.3 Å². The van der Waals surface area contributed by atoms with Crippen LogP contribution in [-0.2, 0) is 33.3 Å². The number of nitrogens with one attached hydrogen (secondary N) is 1. The number of aliphatic hydroxyl groups excluding tert-OH is 2. The van der Waals surface area contributed by atoms with Crippen molar-refractivity contribution in [2.45, 2.75) is 49.5 Å². The summed E-state index contributed by atoms with van der Waals surface area (Å²) in [5, 5.41) is 21.6. The van der Waals surface area contributed by atoms with Crippen LogP contribution in [0, 0.1) is 0 Å². The molecule has 0 bridgehead atoms. The maximum absolute atomic E-state index is 11.5. The third-order valence-electron chi connectivity index (χ3n) is 4.31. The molecule has 0 aromatic rings. The van der Waals surface area contributed by atoms with Gasteiger partial charge in [-0.3, -0.25) is 4.79 Å². The van der Waals surface area contributed by atoms with Crippen molar-refractivity contribution in [3.8, 4) is 0 Å². The number of rotatable bonds is 8. The SMILES string of the molecule is COCC1O[C@@H](C(=O)NCCN)C[C@H]1O.COCC1O[C@@H](C(=O)OC)C[C@H]1O. The molecular weight excluding hydrogens is 376 g/mol. The number of methoxy groups -OCH3 is 3. The van der Waals surface area contributed by atoms with E-state index in [9.17, 15) is 19.8 Å². The van der Waals surface area contributed by atoms with Crippen molar-refractivity contribution >= 4 is 11.9 Å². The monoisotopic (exact) mass is 408 g/mol. The second kappa shape index (κ2) is 13.0. The lowest BCUT2D eigenvalue weighted by Gasteiger charge is -2.13. The molecule has 11 nitrogen and oxygen atoms in total. The minimum atomic E-state index is -0.653. The van der Waals surface area contributed by atoms with Crippen LogP contribution in [0.3, 0.4) is 0 Å². The molecule has 11 heteroatoms. The predicted molar refractivity (Wildman–Crippen MR) is 96.4 cm³/mol. The van der Waals surface area contributed by atoms with Gasteiger partial charge in [0, 0.05) is 40.2 Å². The van der Waals surface area contributed by atoms with Crippen molar-refractivity contribution in [2.75, 3.05) is 47.6 Å². The summed E-state index contributed by atoms with van der Waals surface area (Å²) in [6, 6.07) is 0. The first-order valence-electron chi connectivity index (χ1n) is 9.08. The van der Waals surface area contributed by atoms with Gasteiger partial charge in [-0.25, -0.2) is 4.79 Å². The Morgan fingerprint density at radius 2 is 1.50 bits per heavy atom. The van der Waals surface area contributed by atoms with E-state index in [1.807, 2.05) is 0 Å². The van der Waals surface area contributed by atoms with E-state index in [2.05, 4.69) is 10.1 Å². The van der Waals surface area contributed by atoms with Crippen LogP contribution < -0.4 is 11.1 Å². The predicted octanol–water partition coefficient (Wildman–Crippen LogP) is -2.45.